The van der Waals surface area contributed by atoms with Crippen LogP contribution in [0.15, 0.2) is 227 Å². The predicted octanol–water partition coefficient (Wildman–Crippen LogP) is 15.8. The fraction of sp³-hybridized carbons (Fsp3) is 0.253. The highest BCUT2D eigenvalue weighted by Crippen LogP contribution is 2.30. The molecular formula is C79H87B7Br6ClF4NO14. The third-order valence-electron chi connectivity index (χ3n) is 15.5. The fourth-order valence-corrected chi connectivity index (χ4v) is 13.4. The molecule has 1 heterocycles. The van der Waals surface area contributed by atoms with Gasteiger partial charge in [0.05, 0.1) is 23.8 Å². The van der Waals surface area contributed by atoms with Crippen LogP contribution in [0.4, 0.5) is 17.6 Å². The fourth-order valence-electron chi connectivity index (χ4n) is 10.1. The minimum Gasteiger partial charge on any atom is -0.491 e. The van der Waals surface area contributed by atoms with Crippen molar-refractivity contribution >= 4 is 211 Å². The average molecular weight is 1940 g/mol. The van der Waals surface area contributed by atoms with Gasteiger partial charge in [0, 0.05) is 51.4 Å². The first-order chi connectivity index (χ1) is 52.5. The normalized spacial score (nSPS) is 11.4. The summed E-state index contributed by atoms with van der Waals surface area (Å²) in [6.07, 6.45) is -4.58. The molecule has 0 spiro atoms. The maximum atomic E-state index is 13.9. The Morgan fingerprint density at radius 1 is 0.482 bits per heavy atom. The van der Waals surface area contributed by atoms with E-state index in [1.165, 1.54) is 19.0 Å². The number of amides is 1. The zero-order valence-corrected chi connectivity index (χ0v) is 74.1. The Kier molecular flexibility index (Phi) is 40.7. The summed E-state index contributed by atoms with van der Waals surface area (Å²) in [7, 11) is 0. The Morgan fingerprint density at radius 2 is 0.920 bits per heavy atom. The Bertz CT molecular complexity index is 4600. The summed E-state index contributed by atoms with van der Waals surface area (Å²) in [4.78, 5) is 14.0. The summed E-state index contributed by atoms with van der Waals surface area (Å²) in [5.41, 5.74) is 6.14. The molecule has 1 saturated heterocycles. The van der Waals surface area contributed by atoms with Gasteiger partial charge >= 0.3 is 54.8 Å². The van der Waals surface area contributed by atoms with Crippen LogP contribution in [0.1, 0.15) is 50.5 Å². The molecule has 112 heavy (non-hydrogen) atoms. The molecule has 1 aliphatic heterocycles. The van der Waals surface area contributed by atoms with Crippen LogP contribution in [0.3, 0.4) is 0 Å². The molecule has 0 aromatic heterocycles. The summed E-state index contributed by atoms with van der Waals surface area (Å²) in [5.74, 6) is 3.06. The third kappa shape index (κ3) is 35.2. The van der Waals surface area contributed by atoms with Gasteiger partial charge in [0.15, 0.2) is 0 Å². The van der Waals surface area contributed by atoms with Gasteiger partial charge in [-0.05, 0) is 191 Å². The number of hydrogen-bond acceptors (Lipinski definition) is 14. The molecule has 0 unspecified atom stereocenters. The van der Waals surface area contributed by atoms with Crippen LogP contribution in [-0.2, 0) is 11.3 Å². The lowest BCUT2D eigenvalue weighted by Crippen LogP contribution is -2.41. The number of ether oxygens (including phenoxy) is 6. The Morgan fingerprint density at radius 3 is 1.39 bits per heavy atom. The predicted molar refractivity (Wildman–Crippen MR) is 475 cm³/mol. The van der Waals surface area contributed by atoms with Crippen molar-refractivity contribution < 1.29 is 85.9 Å². The molecule has 10 aromatic carbocycles. The van der Waals surface area contributed by atoms with E-state index in [1.807, 2.05) is 180 Å². The lowest BCUT2D eigenvalue weighted by Gasteiger charge is -2.27. The highest BCUT2D eigenvalue weighted by atomic mass is 79.9. The summed E-state index contributed by atoms with van der Waals surface area (Å²) in [6.45, 7) is 20.2. The number of carbonyl (C=O) groups is 1. The first kappa shape index (κ1) is 96.5. The third-order valence-corrected chi connectivity index (χ3v) is 18.9. The zero-order chi connectivity index (χ0) is 83.3. The van der Waals surface area contributed by atoms with Crippen LogP contribution in [0.5, 0.6) is 34.5 Å². The topological polar surface area (TPSA) is 217 Å². The Labute approximate surface area is 712 Å². The van der Waals surface area contributed by atoms with Gasteiger partial charge in [-0.1, -0.05) is 248 Å². The van der Waals surface area contributed by atoms with Gasteiger partial charge in [0.2, 0.25) is 0 Å². The van der Waals surface area contributed by atoms with Crippen LogP contribution in [0, 0.1) is 5.82 Å². The van der Waals surface area contributed by atoms with Crippen molar-refractivity contribution in [1.29, 1.82) is 0 Å². The molecule has 15 nitrogen and oxygen atoms in total. The minimum atomic E-state index is -4.73. The first-order valence-corrected chi connectivity index (χ1v) is 40.5. The van der Waals surface area contributed by atoms with Crippen molar-refractivity contribution in [2.75, 3.05) is 26.3 Å². The van der Waals surface area contributed by atoms with Gasteiger partial charge in [0.25, 0.3) is 5.91 Å². The quantitative estimate of drug-likeness (QED) is 0.0333. The molecule has 0 atom stereocenters. The number of morpholine rings is 1. The molecular weight excluding hydrogens is 1850 g/mol. The van der Waals surface area contributed by atoms with Gasteiger partial charge in [-0.15, -0.1) is 13.2 Å². The van der Waals surface area contributed by atoms with Crippen molar-refractivity contribution in [3.63, 3.8) is 0 Å². The molecule has 0 aliphatic carbocycles. The molecule has 1 aliphatic rings. The van der Waals surface area contributed by atoms with Crippen LogP contribution in [0.25, 0.3) is 10.8 Å². The molecule has 1 fully saturated rings. The van der Waals surface area contributed by atoms with Gasteiger partial charge in [0.1, 0.15) is 52.5 Å². The first-order valence-electron chi connectivity index (χ1n) is 35.4. The largest absolute Gasteiger partial charge is 0.573 e. The second kappa shape index (κ2) is 47.2. The molecule has 1 amide bonds. The number of nitrogens with zero attached hydrogens (tertiary/aromatic N) is 1. The van der Waals surface area contributed by atoms with E-state index in [4.69, 9.17) is 35.3 Å². The molecule has 33 heteroatoms. The molecule has 11 rings (SSSR count). The molecule has 10 aromatic rings. The van der Waals surface area contributed by atoms with E-state index in [-0.39, 0.29) is 29.2 Å². The SMILES string of the molecule is CB(O)c1cc(Br)c2ccccc2c1F.CB(O)c1cc(Br)cc(OC(C)C)c1.CB(O)c1cc(Br)cc(OC(F)(F)F)c1.CB(O)c1cc(Br)cc(OCc2ccccc2)c1.CB(O)c1cc(Br)cc(Oc2ccccc2)c1.CB(O)c1cc(Cl)cc(C(=O)N2CCOCC2)c1.CB(O)c1ccc(OC(C)(C)C)c(Br)c1. The van der Waals surface area contributed by atoms with E-state index in [9.17, 15) is 57.5 Å². The van der Waals surface area contributed by atoms with Crippen molar-refractivity contribution in [3.05, 3.63) is 249 Å². The highest BCUT2D eigenvalue weighted by Gasteiger charge is 2.32. The van der Waals surface area contributed by atoms with E-state index in [2.05, 4.69) is 100 Å². The minimum absolute atomic E-state index is 0.0669. The number of halogens is 11. The molecule has 0 bridgehead atoms. The lowest BCUT2D eigenvalue weighted by molar-refractivity contribution is -0.274. The summed E-state index contributed by atoms with van der Waals surface area (Å²) < 4.78 is 86.1. The Balaban J connectivity index is 0.000000234. The van der Waals surface area contributed by atoms with Crippen molar-refractivity contribution in [1.82, 2.24) is 4.90 Å². The van der Waals surface area contributed by atoms with Gasteiger partial charge in [-0.2, -0.15) is 0 Å². The molecule has 0 saturated carbocycles. The number of rotatable bonds is 17. The molecule has 590 valence electrons. The van der Waals surface area contributed by atoms with E-state index in [0.29, 0.717) is 75.5 Å². The van der Waals surface area contributed by atoms with E-state index < -0.39 is 54.8 Å². The average Bonchev–Trinajstić information content (AvgIpc) is 0.799. The number of hydrogen-bond donors (Lipinski definition) is 7. The van der Waals surface area contributed by atoms with Gasteiger partial charge in [-0.25, -0.2) is 4.39 Å². The smallest absolute Gasteiger partial charge is 0.491 e. The van der Waals surface area contributed by atoms with Crippen LogP contribution in [0.2, 0.25) is 52.8 Å². The van der Waals surface area contributed by atoms with Crippen molar-refractivity contribution in [2.45, 2.75) is 107 Å². The van der Waals surface area contributed by atoms with Gasteiger partial charge < -0.3 is 68.5 Å². The summed E-state index contributed by atoms with van der Waals surface area (Å²) >= 11 is 26.0. The summed E-state index contributed by atoms with van der Waals surface area (Å²) in [5, 5.41) is 68.0. The van der Waals surface area contributed by atoms with E-state index >= 15 is 0 Å². The number of fused-ring (bicyclic) bond motifs is 1. The van der Waals surface area contributed by atoms with Crippen LogP contribution in [-0.4, -0.2) is 139 Å². The van der Waals surface area contributed by atoms with Crippen molar-refractivity contribution in [3.8, 4) is 34.5 Å². The maximum absolute atomic E-state index is 13.9. The van der Waals surface area contributed by atoms with E-state index in [0.717, 1.165) is 84.2 Å². The van der Waals surface area contributed by atoms with Gasteiger partial charge in [-0.3, -0.25) is 4.79 Å². The number of carbonyl (C=O) groups excluding carboxylic acids is 1. The number of benzene rings is 10. The van der Waals surface area contributed by atoms with E-state index in [1.54, 1.807) is 82.2 Å². The summed E-state index contributed by atoms with van der Waals surface area (Å²) in [6, 6.07) is 59.7. The standard InChI is InChI=1S/C14H14BBrO2.C13H12BBrO2.C12H15BClNO3.C11H9BBrFO.C11H16BBrO2.C10H14BBrO2.C8H7BBrF3O2/c1-15(17)12-7-13(16)9-14(8-12)18-10-11-5-3-2-4-6-11;1-14(16)10-7-11(15)9-13(8-10)17-12-5-3-2-4-6-12;1-13(17)10-6-9(7-11(14)8-10)12(16)15-2-4-18-5-3-15;1-12(15)9-6-10(13)7-4-2-3-5-8(7)11(9)14;1-11(2,3)15-10-6-5-8(12(4)14)7-9(10)13;1-7(2)14-10-5-8(11(3)13)4-9(12)6-10;1-9(14)5-2-6(10)4-7(3-5)15-8(11,12)13/h2-9,17H,10H2,1H3;2-9,16H,1H3;6-8,17H,2-5H2,1H3;2-6,15H,1H3;5-7,14H,1-4H3;4-7,13H,1-3H3;2-4,14H,1H3. The monoisotopic (exact) mass is 1940 g/mol. The zero-order valence-electron chi connectivity index (χ0n) is 63.8. The Hall–Kier alpha value is -6.05. The van der Waals surface area contributed by atoms with Crippen molar-refractivity contribution in [2.24, 2.45) is 0 Å². The highest BCUT2D eigenvalue weighted by molar-refractivity contribution is 9.11. The number of para-hydroxylation sites is 1. The molecule has 0 radical (unpaired) electrons. The van der Waals surface area contributed by atoms with Crippen LogP contribution >= 0.6 is 107 Å². The maximum Gasteiger partial charge on any atom is 0.573 e. The lowest BCUT2D eigenvalue weighted by atomic mass is 9.64. The van der Waals surface area contributed by atoms with Crippen LogP contribution < -0.4 is 61.9 Å². The second-order valence-corrected chi connectivity index (χ2v) is 32.7. The molecule has 7 N–H and O–H groups in total. The number of alkyl halides is 3. The second-order valence-electron chi connectivity index (χ2n) is 26.9.